The fourth-order valence-electron chi connectivity index (χ4n) is 8.31. The number of amides is 8. The number of hydrogen-bond donors (Lipinski definition) is 13. The van der Waals surface area contributed by atoms with E-state index in [9.17, 15) is 42.7 Å². The average molecular weight is 1010 g/mol. The SMILES string of the molecule is CCCC[C@H](NC(C)=O)C(=O)N[C@H]1CCC(=O)NCCCCNC(=O)C(Cc2c[nH]c3ccccc23)NC(=O)[C@H](CCCNC(=N)N)NC(=O)[C@@H](CCc2ccc(F)cc2)NC(=O)[C@H](Cc2c[nH]cn2)NC1=O. The molecule has 3 heterocycles. The highest BCUT2D eigenvalue weighted by Gasteiger charge is 2.34. The largest absolute Gasteiger partial charge is 0.370 e. The van der Waals surface area contributed by atoms with Gasteiger partial charge in [0.05, 0.1) is 12.0 Å². The molecule has 22 nitrogen and oxygen atoms in total. The molecule has 394 valence electrons. The Morgan fingerprint density at radius 1 is 0.808 bits per heavy atom. The van der Waals surface area contributed by atoms with Gasteiger partial charge in [-0.3, -0.25) is 43.8 Å². The van der Waals surface area contributed by atoms with E-state index in [1.54, 1.807) is 6.20 Å². The Labute approximate surface area is 422 Å². The van der Waals surface area contributed by atoms with Gasteiger partial charge in [-0.25, -0.2) is 9.37 Å². The molecule has 0 saturated carbocycles. The molecule has 0 bridgehead atoms. The summed E-state index contributed by atoms with van der Waals surface area (Å²) in [6, 6.07) is 5.42. The number of unbranched alkanes of at least 4 members (excludes halogenated alkanes) is 1. The number of aromatic nitrogens is 3. The lowest BCUT2D eigenvalue weighted by Crippen LogP contribution is -2.60. The first-order valence-corrected chi connectivity index (χ1v) is 24.8. The van der Waals surface area contributed by atoms with Crippen LogP contribution in [0, 0.1) is 11.2 Å². The predicted octanol–water partition coefficient (Wildman–Crippen LogP) is 0.637. The molecule has 8 amide bonds. The van der Waals surface area contributed by atoms with E-state index in [1.165, 1.54) is 43.7 Å². The Morgan fingerprint density at radius 2 is 1.47 bits per heavy atom. The second kappa shape index (κ2) is 28.9. The van der Waals surface area contributed by atoms with E-state index < -0.39 is 89.3 Å². The Hall–Kier alpha value is -7.85. The molecule has 1 aliphatic rings. The molecule has 5 rings (SSSR count). The maximum absolute atomic E-state index is 14.6. The second-order valence-electron chi connectivity index (χ2n) is 18.1. The summed E-state index contributed by atoms with van der Waals surface area (Å²) < 4.78 is 14.0. The fourth-order valence-corrected chi connectivity index (χ4v) is 8.31. The van der Waals surface area contributed by atoms with Crippen molar-refractivity contribution in [3.63, 3.8) is 0 Å². The maximum Gasteiger partial charge on any atom is 0.243 e. The van der Waals surface area contributed by atoms with Gasteiger partial charge < -0.3 is 63.6 Å². The van der Waals surface area contributed by atoms with E-state index in [-0.39, 0.29) is 83.4 Å². The van der Waals surface area contributed by atoms with Crippen molar-refractivity contribution in [2.45, 2.75) is 134 Å². The lowest BCUT2D eigenvalue weighted by atomic mass is 10.0. The first kappa shape index (κ1) is 56.1. The number of guanidine groups is 1. The van der Waals surface area contributed by atoms with Crippen molar-refractivity contribution >= 4 is 64.1 Å². The molecular formula is C50H69FN14O8. The van der Waals surface area contributed by atoms with Crippen LogP contribution in [0.5, 0.6) is 0 Å². The quantitative estimate of drug-likeness (QED) is 0.0395. The number of imidazole rings is 1. The number of nitrogens with zero attached hydrogens (tertiary/aromatic N) is 1. The number of H-pyrrole nitrogens is 2. The molecule has 0 radical (unpaired) electrons. The standard InChI is InChI=1S/C50H69FN14O8/c1-3-4-11-37(60-30(2)66)45(69)62-40-20-21-43(67)55-22-7-8-23-56-44(68)41(25-32-27-58-36-12-6-5-10-35(32)36)64-46(70)38(13-9-24-57-50(52)53)61-47(71)39(19-16-31-14-17-33(51)18-15-31)63-49(73)42(65-48(40)72)26-34-28-54-29-59-34/h5-6,10,12,14-15,17-18,27-29,37-42,58H,3-4,7-9,11,13,16,19-26H2,1-2H3,(H,54,59)(H,55,67)(H,56,68)(H,60,66)(H,61,71)(H,62,69)(H,63,73)(H,64,70)(H,65,72)(H4,52,53,57)/t37-,38-,39+,40-,41?,42-/m0/s1. The monoisotopic (exact) mass is 1010 g/mol. The fraction of sp³-hybridized carbons (Fsp3) is 0.480. The molecular weight excluding hydrogens is 944 g/mol. The third-order valence-electron chi connectivity index (χ3n) is 12.3. The molecule has 1 unspecified atom stereocenters. The molecule has 1 saturated heterocycles. The number of fused-ring (bicyclic) bond motifs is 1. The molecule has 23 heteroatoms. The summed E-state index contributed by atoms with van der Waals surface area (Å²) in [6.07, 6.45) is 6.80. The van der Waals surface area contributed by atoms with Crippen molar-refractivity contribution in [2.24, 2.45) is 5.73 Å². The second-order valence-corrected chi connectivity index (χ2v) is 18.1. The number of benzene rings is 2. The van der Waals surface area contributed by atoms with Gasteiger partial charge in [-0.2, -0.15) is 0 Å². The van der Waals surface area contributed by atoms with Crippen LogP contribution in [-0.2, 0) is 57.6 Å². The topological polar surface area (TPSA) is 339 Å². The van der Waals surface area contributed by atoms with Crippen LogP contribution in [0.1, 0.15) is 94.9 Å². The molecule has 2 aromatic heterocycles. The lowest BCUT2D eigenvalue weighted by molar-refractivity contribution is -0.135. The molecule has 73 heavy (non-hydrogen) atoms. The van der Waals surface area contributed by atoms with E-state index >= 15 is 0 Å². The third-order valence-corrected chi connectivity index (χ3v) is 12.3. The minimum absolute atomic E-state index is 0.00415. The number of rotatable bonds is 17. The Balaban J connectivity index is 1.51. The molecule has 0 aliphatic carbocycles. The molecule has 1 fully saturated rings. The summed E-state index contributed by atoms with van der Waals surface area (Å²) in [5.41, 5.74) is 8.05. The Kier molecular flexibility index (Phi) is 22.2. The van der Waals surface area contributed by atoms with Crippen LogP contribution in [-0.4, -0.2) is 124 Å². The van der Waals surface area contributed by atoms with Crippen LogP contribution < -0.4 is 53.6 Å². The highest BCUT2D eigenvalue weighted by Crippen LogP contribution is 2.20. The first-order chi connectivity index (χ1) is 35.1. The summed E-state index contributed by atoms with van der Waals surface area (Å²) in [7, 11) is 0. The summed E-state index contributed by atoms with van der Waals surface area (Å²) >= 11 is 0. The third kappa shape index (κ3) is 18.7. The van der Waals surface area contributed by atoms with E-state index in [4.69, 9.17) is 11.1 Å². The Morgan fingerprint density at radius 3 is 2.15 bits per heavy atom. The highest BCUT2D eigenvalue weighted by atomic mass is 19.1. The van der Waals surface area contributed by atoms with Crippen molar-refractivity contribution in [1.82, 2.24) is 62.8 Å². The molecule has 4 aromatic rings. The van der Waals surface area contributed by atoms with Gasteiger partial charge in [0.25, 0.3) is 0 Å². The van der Waals surface area contributed by atoms with Crippen LogP contribution in [0.15, 0.2) is 67.3 Å². The van der Waals surface area contributed by atoms with Crippen molar-refractivity contribution < 1.29 is 42.7 Å². The minimum atomic E-state index is -1.43. The number of para-hydroxylation sites is 1. The first-order valence-electron chi connectivity index (χ1n) is 24.8. The number of aromatic amines is 2. The smallest absolute Gasteiger partial charge is 0.243 e. The van der Waals surface area contributed by atoms with Crippen LogP contribution in [0.3, 0.4) is 0 Å². The van der Waals surface area contributed by atoms with Gasteiger partial charge in [-0.1, -0.05) is 50.1 Å². The molecule has 14 N–H and O–H groups in total. The zero-order valence-corrected chi connectivity index (χ0v) is 41.3. The summed E-state index contributed by atoms with van der Waals surface area (Å²) in [4.78, 5) is 121. The van der Waals surface area contributed by atoms with Crippen LogP contribution in [0.25, 0.3) is 10.9 Å². The summed E-state index contributed by atoms with van der Waals surface area (Å²) in [5.74, 6) is -6.07. The lowest BCUT2D eigenvalue weighted by Gasteiger charge is -2.28. The van der Waals surface area contributed by atoms with Gasteiger partial charge in [0.15, 0.2) is 5.96 Å². The van der Waals surface area contributed by atoms with Gasteiger partial charge in [0.2, 0.25) is 47.3 Å². The van der Waals surface area contributed by atoms with Crippen LogP contribution in [0.4, 0.5) is 4.39 Å². The number of nitrogens with two attached hydrogens (primary N) is 1. The zero-order chi connectivity index (χ0) is 52.7. The number of hydrogen-bond acceptors (Lipinski definition) is 10. The molecule has 6 atom stereocenters. The van der Waals surface area contributed by atoms with Gasteiger partial charge in [-0.05, 0) is 80.7 Å². The average Bonchev–Trinajstić information content (AvgIpc) is 4.04. The minimum Gasteiger partial charge on any atom is -0.370 e. The molecule has 1 aliphatic heterocycles. The summed E-state index contributed by atoms with van der Waals surface area (Å²) in [5, 5.41) is 33.2. The number of aryl methyl sites for hydroxylation is 1. The van der Waals surface area contributed by atoms with Gasteiger partial charge in [-0.15, -0.1) is 0 Å². The predicted molar refractivity (Wildman–Crippen MR) is 269 cm³/mol. The summed E-state index contributed by atoms with van der Waals surface area (Å²) in [6.45, 7) is 3.73. The van der Waals surface area contributed by atoms with Gasteiger partial charge >= 0.3 is 0 Å². The van der Waals surface area contributed by atoms with Gasteiger partial charge in [0, 0.05) is 69.1 Å². The zero-order valence-electron chi connectivity index (χ0n) is 41.3. The van der Waals surface area contributed by atoms with E-state index in [0.717, 1.165) is 16.5 Å². The number of carbonyl (C=O) groups is 8. The number of carbonyl (C=O) groups excluding carboxylic acids is 8. The van der Waals surface area contributed by atoms with Crippen molar-refractivity contribution in [3.8, 4) is 0 Å². The van der Waals surface area contributed by atoms with Crippen molar-refractivity contribution in [2.75, 3.05) is 19.6 Å². The van der Waals surface area contributed by atoms with E-state index in [0.29, 0.717) is 36.9 Å². The van der Waals surface area contributed by atoms with Crippen molar-refractivity contribution in [3.05, 3.63) is 89.9 Å². The molecule has 2 aromatic carbocycles. The van der Waals surface area contributed by atoms with Crippen LogP contribution in [0.2, 0.25) is 0 Å². The van der Waals surface area contributed by atoms with Gasteiger partial charge in [0.1, 0.15) is 42.1 Å². The number of halogens is 1. The van der Waals surface area contributed by atoms with E-state index in [2.05, 4.69) is 62.8 Å². The Bertz CT molecular complexity index is 2500. The van der Waals surface area contributed by atoms with Crippen molar-refractivity contribution in [1.29, 1.82) is 5.41 Å². The maximum atomic E-state index is 14.6. The van der Waals surface area contributed by atoms with E-state index in [1.807, 2.05) is 31.2 Å². The number of nitrogens with one attached hydrogen (secondary N) is 12. The van der Waals surface area contributed by atoms with Crippen LogP contribution >= 0.6 is 0 Å². The molecule has 0 spiro atoms. The normalized spacial score (nSPS) is 20.5. The highest BCUT2D eigenvalue weighted by molar-refractivity contribution is 5.97.